The van der Waals surface area contributed by atoms with Gasteiger partial charge in [0, 0.05) is 12.6 Å². The minimum atomic E-state index is -0.833. The fourth-order valence-corrected chi connectivity index (χ4v) is 1.52. The largest absolute Gasteiger partial charge is 0.492 e. The van der Waals surface area contributed by atoms with Crippen LogP contribution in [0.25, 0.3) is 0 Å². The van der Waals surface area contributed by atoms with Crippen LogP contribution in [-0.4, -0.2) is 23.2 Å². The van der Waals surface area contributed by atoms with Crippen molar-refractivity contribution in [3.05, 3.63) is 23.8 Å². The van der Waals surface area contributed by atoms with Gasteiger partial charge in [-0.2, -0.15) is 0 Å². The zero-order valence-electron chi connectivity index (χ0n) is 9.18. The van der Waals surface area contributed by atoms with Crippen LogP contribution in [0.15, 0.2) is 18.2 Å². The Morgan fingerprint density at radius 2 is 2.12 bits per heavy atom. The van der Waals surface area contributed by atoms with Crippen molar-refractivity contribution in [1.82, 2.24) is 0 Å². The van der Waals surface area contributed by atoms with Gasteiger partial charge in [0.25, 0.3) is 5.97 Å². The highest BCUT2D eigenvalue weighted by Gasteiger charge is 2.32. The number of anilines is 1. The third-order valence-electron chi connectivity index (χ3n) is 2.15. The van der Waals surface area contributed by atoms with Crippen LogP contribution in [0, 0.1) is 0 Å². The summed E-state index contributed by atoms with van der Waals surface area (Å²) in [4.78, 5) is 9.00. The minimum Gasteiger partial charge on any atom is -0.481 e. The van der Waals surface area contributed by atoms with Crippen molar-refractivity contribution in [2.24, 2.45) is 0 Å². The summed E-state index contributed by atoms with van der Waals surface area (Å²) in [6, 6.07) is 5.46. The van der Waals surface area contributed by atoms with Gasteiger partial charge in [-0.1, -0.05) is 6.07 Å². The average molecular weight is 223 g/mol. The Kier molecular flexibility index (Phi) is 3.92. The third kappa shape index (κ3) is 2.98. The minimum absolute atomic E-state index is 0.0319. The smallest absolute Gasteiger partial charge is 0.481 e. The molecule has 0 spiro atoms. The van der Waals surface area contributed by atoms with E-state index in [1.165, 1.54) is 0 Å². The number of hydrogen-bond donors (Lipinski definition) is 3. The molecule has 5 nitrogen and oxygen atoms in total. The SMILES string of the molecule is CC(=O)O.CC1OB(O)c2cc(N)ccc21. The molecule has 2 rings (SSSR count). The molecular weight excluding hydrogens is 209 g/mol. The van der Waals surface area contributed by atoms with E-state index in [0.717, 1.165) is 17.9 Å². The molecule has 1 aromatic carbocycles. The summed E-state index contributed by atoms with van der Waals surface area (Å²) in [6.07, 6.45) is -0.0319. The Labute approximate surface area is 94.0 Å². The van der Waals surface area contributed by atoms with Gasteiger partial charge in [-0.25, -0.2) is 0 Å². The van der Waals surface area contributed by atoms with Crippen LogP contribution < -0.4 is 11.2 Å². The van der Waals surface area contributed by atoms with Crippen molar-refractivity contribution in [2.45, 2.75) is 20.0 Å². The third-order valence-corrected chi connectivity index (χ3v) is 2.15. The van der Waals surface area contributed by atoms with Crippen molar-refractivity contribution >= 4 is 24.2 Å². The van der Waals surface area contributed by atoms with E-state index >= 15 is 0 Å². The molecule has 1 atom stereocenters. The molecule has 6 heteroatoms. The van der Waals surface area contributed by atoms with Crippen LogP contribution in [-0.2, 0) is 9.45 Å². The molecule has 0 saturated heterocycles. The normalized spacial score (nSPS) is 17.4. The number of fused-ring (bicyclic) bond motifs is 1. The monoisotopic (exact) mass is 223 g/mol. The van der Waals surface area contributed by atoms with Crippen molar-refractivity contribution in [3.8, 4) is 0 Å². The van der Waals surface area contributed by atoms with Gasteiger partial charge < -0.3 is 20.5 Å². The number of carboxylic acid groups (broad SMARTS) is 1. The molecule has 4 N–H and O–H groups in total. The topological polar surface area (TPSA) is 92.8 Å². The molecule has 1 aliphatic heterocycles. The Bertz CT molecular complexity index is 392. The number of hydrogen-bond acceptors (Lipinski definition) is 4. The van der Waals surface area contributed by atoms with Crippen molar-refractivity contribution < 1.29 is 19.6 Å². The van der Waals surface area contributed by atoms with Gasteiger partial charge in [0.05, 0.1) is 6.10 Å². The van der Waals surface area contributed by atoms with E-state index < -0.39 is 13.1 Å². The van der Waals surface area contributed by atoms with Crippen LogP contribution in [0.1, 0.15) is 25.5 Å². The summed E-state index contributed by atoms with van der Waals surface area (Å²) >= 11 is 0. The number of benzene rings is 1. The molecule has 1 aliphatic rings. The Morgan fingerprint density at radius 3 is 2.69 bits per heavy atom. The van der Waals surface area contributed by atoms with E-state index in [1.807, 2.05) is 19.1 Å². The first-order chi connectivity index (χ1) is 7.41. The zero-order valence-corrected chi connectivity index (χ0v) is 9.18. The predicted molar refractivity (Wildman–Crippen MR) is 61.3 cm³/mol. The second-order valence-electron chi connectivity index (χ2n) is 3.54. The van der Waals surface area contributed by atoms with E-state index in [2.05, 4.69) is 0 Å². The van der Waals surface area contributed by atoms with Crippen LogP contribution in [0.3, 0.4) is 0 Å². The van der Waals surface area contributed by atoms with Gasteiger partial charge in [0.1, 0.15) is 0 Å². The number of nitrogens with two attached hydrogens (primary N) is 1. The van der Waals surface area contributed by atoms with E-state index in [-0.39, 0.29) is 6.10 Å². The number of carbonyl (C=O) groups is 1. The number of nitrogen functional groups attached to an aromatic ring is 1. The van der Waals surface area contributed by atoms with Crippen molar-refractivity contribution in [2.75, 3.05) is 5.73 Å². The maximum Gasteiger partial charge on any atom is 0.492 e. The second-order valence-corrected chi connectivity index (χ2v) is 3.54. The first-order valence-corrected chi connectivity index (χ1v) is 4.84. The van der Waals surface area contributed by atoms with Gasteiger partial charge in [-0.15, -0.1) is 0 Å². The fourth-order valence-electron chi connectivity index (χ4n) is 1.52. The van der Waals surface area contributed by atoms with E-state index in [0.29, 0.717) is 5.69 Å². The molecule has 86 valence electrons. The van der Waals surface area contributed by atoms with Crippen LogP contribution in [0.4, 0.5) is 5.69 Å². The van der Waals surface area contributed by atoms with E-state index in [1.54, 1.807) is 6.07 Å². The molecule has 1 heterocycles. The van der Waals surface area contributed by atoms with Crippen LogP contribution >= 0.6 is 0 Å². The second kappa shape index (κ2) is 5.00. The van der Waals surface area contributed by atoms with E-state index in [9.17, 15) is 5.02 Å². The van der Waals surface area contributed by atoms with Crippen LogP contribution in [0.2, 0.25) is 0 Å². The summed E-state index contributed by atoms with van der Waals surface area (Å²) in [5.41, 5.74) is 8.05. The summed E-state index contributed by atoms with van der Waals surface area (Å²) in [5.74, 6) is -0.833. The summed E-state index contributed by atoms with van der Waals surface area (Å²) in [6.45, 7) is 2.99. The Balaban J connectivity index is 0.000000280. The van der Waals surface area contributed by atoms with Crippen molar-refractivity contribution in [3.63, 3.8) is 0 Å². The lowest BCUT2D eigenvalue weighted by molar-refractivity contribution is -0.134. The highest BCUT2D eigenvalue weighted by molar-refractivity contribution is 6.61. The highest BCUT2D eigenvalue weighted by Crippen LogP contribution is 2.23. The quantitative estimate of drug-likeness (QED) is 0.429. The fraction of sp³-hybridized carbons (Fsp3) is 0.300. The van der Waals surface area contributed by atoms with Crippen LogP contribution in [0.5, 0.6) is 0 Å². The van der Waals surface area contributed by atoms with E-state index in [4.69, 9.17) is 20.3 Å². The standard InChI is InChI=1S/C8H10BNO2.C2H4O2/c1-5-7-3-2-6(10)4-8(7)9(11)12-5;1-2(3)4/h2-5,11H,10H2,1H3;1H3,(H,3,4). The Hall–Kier alpha value is -1.53. The molecule has 0 saturated carbocycles. The van der Waals surface area contributed by atoms with Gasteiger partial charge in [0.2, 0.25) is 0 Å². The van der Waals surface area contributed by atoms with Gasteiger partial charge >= 0.3 is 7.12 Å². The zero-order chi connectivity index (χ0) is 12.3. The lowest BCUT2D eigenvalue weighted by atomic mass is 9.79. The predicted octanol–water partition coefficient (Wildman–Crippen LogP) is 0.138. The number of rotatable bonds is 0. The molecule has 0 radical (unpaired) electrons. The first-order valence-electron chi connectivity index (χ1n) is 4.84. The molecule has 0 bridgehead atoms. The number of carboxylic acids is 1. The lowest BCUT2D eigenvalue weighted by Gasteiger charge is -2.03. The molecule has 0 fully saturated rings. The Morgan fingerprint density at radius 1 is 1.56 bits per heavy atom. The molecule has 1 aromatic rings. The molecular formula is C10H14BNO4. The maximum absolute atomic E-state index is 9.40. The summed E-state index contributed by atoms with van der Waals surface area (Å²) in [5, 5.41) is 16.8. The average Bonchev–Trinajstić information content (AvgIpc) is 2.41. The maximum atomic E-state index is 9.40. The molecule has 1 unspecified atom stereocenters. The molecule has 0 amide bonds. The molecule has 0 aliphatic carbocycles. The van der Waals surface area contributed by atoms with Gasteiger partial charge in [-0.05, 0) is 30.1 Å². The summed E-state index contributed by atoms with van der Waals surface area (Å²) in [7, 11) is -0.807. The molecule has 16 heavy (non-hydrogen) atoms. The first kappa shape index (κ1) is 12.5. The highest BCUT2D eigenvalue weighted by atomic mass is 16.5. The van der Waals surface area contributed by atoms with Crippen molar-refractivity contribution in [1.29, 1.82) is 0 Å². The van der Waals surface area contributed by atoms with Gasteiger partial charge in [-0.3, -0.25) is 4.79 Å². The summed E-state index contributed by atoms with van der Waals surface area (Å²) < 4.78 is 5.19. The lowest BCUT2D eigenvalue weighted by Crippen LogP contribution is -2.28. The number of aliphatic carboxylic acids is 1. The van der Waals surface area contributed by atoms with Gasteiger partial charge in [0.15, 0.2) is 0 Å². The molecule has 0 aromatic heterocycles.